The quantitative estimate of drug-likeness (QED) is 0.306. The molecular weight excluding hydrogens is 388 g/mol. The molecule has 3 aromatic carbocycles. The molecule has 4 heteroatoms. The van der Waals surface area contributed by atoms with Crippen molar-refractivity contribution < 1.29 is 4.74 Å². The maximum Gasteiger partial charge on any atom is 0.219 e. The summed E-state index contributed by atoms with van der Waals surface area (Å²) in [6.07, 6.45) is 3.65. The first kappa shape index (κ1) is 18.3. The van der Waals surface area contributed by atoms with Crippen LogP contribution in [0.3, 0.4) is 0 Å². The first-order valence-electron chi connectivity index (χ1n) is 9.66. The minimum atomic E-state index is 0.577. The molecule has 0 amide bonds. The van der Waals surface area contributed by atoms with Gasteiger partial charge in [0.2, 0.25) is 5.88 Å². The van der Waals surface area contributed by atoms with Crippen molar-refractivity contribution >= 4 is 11.3 Å². The molecule has 2 heterocycles. The molecule has 0 unspecified atom stereocenters. The summed E-state index contributed by atoms with van der Waals surface area (Å²) in [5.41, 5.74) is 4.63. The van der Waals surface area contributed by atoms with E-state index in [9.17, 15) is 0 Å². The van der Waals surface area contributed by atoms with Crippen LogP contribution in [0.1, 0.15) is 0 Å². The van der Waals surface area contributed by atoms with Gasteiger partial charge in [-0.15, -0.1) is 11.3 Å². The van der Waals surface area contributed by atoms with Crippen LogP contribution >= 0.6 is 11.3 Å². The second-order valence-corrected chi connectivity index (χ2v) is 7.80. The molecule has 0 spiro atoms. The molecule has 0 radical (unpaired) electrons. The minimum absolute atomic E-state index is 0.577. The number of pyridine rings is 1. The molecule has 5 rings (SSSR count). The highest BCUT2D eigenvalue weighted by atomic mass is 32.1. The zero-order chi connectivity index (χ0) is 20.2. The van der Waals surface area contributed by atoms with E-state index < -0.39 is 0 Å². The highest BCUT2D eigenvalue weighted by Crippen LogP contribution is 2.34. The summed E-state index contributed by atoms with van der Waals surface area (Å²) in [6.45, 7) is 0. The molecule has 0 aliphatic rings. The second-order valence-electron chi connectivity index (χ2n) is 6.77. The molecular formula is C26H18N2OS. The van der Waals surface area contributed by atoms with Crippen molar-refractivity contribution in [2.75, 3.05) is 0 Å². The highest BCUT2D eigenvalue weighted by Gasteiger charge is 2.09. The van der Waals surface area contributed by atoms with Gasteiger partial charge in [-0.05, 0) is 34.9 Å². The summed E-state index contributed by atoms with van der Waals surface area (Å²) in [5.74, 6) is 1.32. The second kappa shape index (κ2) is 8.31. The maximum absolute atomic E-state index is 5.85. The van der Waals surface area contributed by atoms with Crippen LogP contribution in [-0.4, -0.2) is 9.97 Å². The Labute approximate surface area is 179 Å². The third-order valence-electron chi connectivity index (χ3n) is 4.72. The van der Waals surface area contributed by atoms with Crippen molar-refractivity contribution in [3.8, 4) is 43.8 Å². The molecule has 0 fully saturated rings. The number of aromatic nitrogens is 2. The monoisotopic (exact) mass is 406 g/mol. The van der Waals surface area contributed by atoms with Crippen LogP contribution in [0.15, 0.2) is 109 Å². The highest BCUT2D eigenvalue weighted by molar-refractivity contribution is 7.18. The fourth-order valence-electron chi connectivity index (χ4n) is 3.22. The van der Waals surface area contributed by atoms with Gasteiger partial charge in [-0.25, -0.2) is 9.97 Å². The Morgan fingerprint density at radius 1 is 0.600 bits per heavy atom. The van der Waals surface area contributed by atoms with E-state index in [1.165, 1.54) is 16.7 Å². The standard InChI is InChI=1S/C26H18N2OS/c1-2-7-19(8-3-1)20-12-14-21(15-13-20)24-18-28-26(30-24)22-9-6-10-23(17-22)29-25-11-4-5-16-27-25/h1-18H. The Morgan fingerprint density at radius 3 is 2.13 bits per heavy atom. The zero-order valence-corrected chi connectivity index (χ0v) is 16.9. The molecule has 144 valence electrons. The molecule has 2 aromatic heterocycles. The number of ether oxygens (including phenoxy) is 1. The average molecular weight is 407 g/mol. The number of hydrogen-bond donors (Lipinski definition) is 0. The third kappa shape index (κ3) is 4.00. The van der Waals surface area contributed by atoms with Gasteiger partial charge in [-0.3, -0.25) is 0 Å². The van der Waals surface area contributed by atoms with Gasteiger partial charge in [-0.2, -0.15) is 0 Å². The van der Waals surface area contributed by atoms with Crippen LogP contribution in [0.4, 0.5) is 0 Å². The molecule has 0 aliphatic heterocycles. The van der Waals surface area contributed by atoms with E-state index in [0.29, 0.717) is 5.88 Å². The minimum Gasteiger partial charge on any atom is -0.439 e. The first-order chi connectivity index (χ1) is 14.8. The number of rotatable bonds is 5. The van der Waals surface area contributed by atoms with Crippen LogP contribution in [0.2, 0.25) is 0 Å². The fourth-order valence-corrected chi connectivity index (χ4v) is 4.14. The van der Waals surface area contributed by atoms with Crippen LogP contribution in [0, 0.1) is 0 Å². The lowest BCUT2D eigenvalue weighted by Crippen LogP contribution is -1.87. The Bertz CT molecular complexity index is 1250. The molecule has 0 atom stereocenters. The third-order valence-corrected chi connectivity index (χ3v) is 5.82. The summed E-state index contributed by atoms with van der Waals surface area (Å²) in [4.78, 5) is 9.99. The van der Waals surface area contributed by atoms with Crippen LogP contribution < -0.4 is 4.74 Å². The van der Waals surface area contributed by atoms with Gasteiger partial charge in [0, 0.05) is 24.0 Å². The van der Waals surface area contributed by atoms with Gasteiger partial charge in [-0.1, -0.05) is 72.8 Å². The number of thiazole rings is 1. The normalized spacial score (nSPS) is 10.7. The summed E-state index contributed by atoms with van der Waals surface area (Å²) >= 11 is 1.67. The largest absolute Gasteiger partial charge is 0.439 e. The van der Waals surface area contributed by atoms with Crippen molar-refractivity contribution in [1.82, 2.24) is 9.97 Å². The molecule has 3 nitrogen and oxygen atoms in total. The topological polar surface area (TPSA) is 35.0 Å². The summed E-state index contributed by atoms with van der Waals surface area (Å²) in [5, 5.41) is 0.962. The molecule has 0 N–H and O–H groups in total. The smallest absolute Gasteiger partial charge is 0.219 e. The predicted octanol–water partition coefficient (Wildman–Crippen LogP) is 7.33. The van der Waals surface area contributed by atoms with Crippen molar-refractivity contribution in [3.63, 3.8) is 0 Å². The van der Waals surface area contributed by atoms with Gasteiger partial charge >= 0.3 is 0 Å². The van der Waals surface area contributed by atoms with Gasteiger partial charge in [0.05, 0.1) is 4.88 Å². The molecule has 0 saturated heterocycles. The molecule has 0 saturated carbocycles. The molecule has 5 aromatic rings. The van der Waals surface area contributed by atoms with Crippen molar-refractivity contribution in [3.05, 3.63) is 109 Å². The van der Waals surface area contributed by atoms with Crippen molar-refractivity contribution in [2.45, 2.75) is 0 Å². The molecule has 30 heavy (non-hydrogen) atoms. The molecule has 0 aliphatic carbocycles. The van der Waals surface area contributed by atoms with Gasteiger partial charge < -0.3 is 4.74 Å². The van der Waals surface area contributed by atoms with Gasteiger partial charge in [0.1, 0.15) is 10.8 Å². The number of nitrogens with zero attached hydrogens (tertiary/aromatic N) is 2. The Balaban J connectivity index is 1.37. The van der Waals surface area contributed by atoms with Crippen LogP contribution in [0.5, 0.6) is 11.6 Å². The van der Waals surface area contributed by atoms with E-state index in [0.717, 1.165) is 21.2 Å². The van der Waals surface area contributed by atoms with Crippen molar-refractivity contribution in [1.29, 1.82) is 0 Å². The van der Waals surface area contributed by atoms with E-state index in [4.69, 9.17) is 4.74 Å². The van der Waals surface area contributed by atoms with E-state index >= 15 is 0 Å². The summed E-state index contributed by atoms with van der Waals surface area (Å²) < 4.78 is 5.85. The average Bonchev–Trinajstić information content (AvgIpc) is 3.31. The Kier molecular flexibility index (Phi) is 5.06. The summed E-state index contributed by atoms with van der Waals surface area (Å²) in [6, 6.07) is 32.6. The lowest BCUT2D eigenvalue weighted by molar-refractivity contribution is 0.463. The maximum atomic E-state index is 5.85. The number of hydrogen-bond acceptors (Lipinski definition) is 4. The lowest BCUT2D eigenvalue weighted by Gasteiger charge is -2.05. The predicted molar refractivity (Wildman–Crippen MR) is 123 cm³/mol. The first-order valence-corrected chi connectivity index (χ1v) is 10.5. The fraction of sp³-hybridized carbons (Fsp3) is 0. The van der Waals surface area contributed by atoms with E-state index in [1.54, 1.807) is 17.5 Å². The van der Waals surface area contributed by atoms with Gasteiger partial charge in [0.15, 0.2) is 0 Å². The number of benzene rings is 3. The van der Waals surface area contributed by atoms with E-state index in [1.807, 2.05) is 54.7 Å². The summed E-state index contributed by atoms with van der Waals surface area (Å²) in [7, 11) is 0. The Morgan fingerprint density at radius 2 is 1.33 bits per heavy atom. The SMILES string of the molecule is c1ccc(-c2ccc(-c3cnc(-c4cccc(Oc5ccccn5)c4)s3)cc2)cc1. The van der Waals surface area contributed by atoms with Crippen molar-refractivity contribution in [2.24, 2.45) is 0 Å². The van der Waals surface area contributed by atoms with E-state index in [2.05, 4.69) is 58.5 Å². The van der Waals surface area contributed by atoms with E-state index in [-0.39, 0.29) is 0 Å². The molecule has 0 bridgehead atoms. The van der Waals surface area contributed by atoms with Crippen LogP contribution in [-0.2, 0) is 0 Å². The van der Waals surface area contributed by atoms with Crippen LogP contribution in [0.25, 0.3) is 32.1 Å². The zero-order valence-electron chi connectivity index (χ0n) is 16.1. The van der Waals surface area contributed by atoms with Gasteiger partial charge in [0.25, 0.3) is 0 Å². The lowest BCUT2D eigenvalue weighted by atomic mass is 10.0. The Hall–Kier alpha value is -3.76.